The first-order valence-corrected chi connectivity index (χ1v) is 9.17. The van der Waals surface area contributed by atoms with Gasteiger partial charge in [0.2, 0.25) is 5.95 Å². The number of esters is 1. The Bertz CT molecular complexity index is 1030. The molecule has 0 radical (unpaired) electrons. The summed E-state index contributed by atoms with van der Waals surface area (Å²) < 4.78 is 4.79. The van der Waals surface area contributed by atoms with E-state index in [1.165, 1.54) is 19.4 Å². The zero-order valence-electron chi connectivity index (χ0n) is 16.5. The molecule has 3 aromatic rings. The normalized spacial score (nSPS) is 10.5. The minimum Gasteiger partial charge on any atom is -0.465 e. The molecular weight excluding hydrogens is 368 g/mol. The van der Waals surface area contributed by atoms with Gasteiger partial charge in [-0.25, -0.2) is 14.8 Å². The van der Waals surface area contributed by atoms with Crippen molar-refractivity contribution in [2.45, 2.75) is 19.8 Å². The van der Waals surface area contributed by atoms with Gasteiger partial charge in [0.05, 0.1) is 18.4 Å². The van der Waals surface area contributed by atoms with Crippen LogP contribution in [0.25, 0.3) is 0 Å². The lowest BCUT2D eigenvalue weighted by atomic mass is 10.0. The first kappa shape index (κ1) is 20.0. The molecule has 0 fully saturated rings. The van der Waals surface area contributed by atoms with Gasteiger partial charge in [0.1, 0.15) is 5.69 Å². The maximum Gasteiger partial charge on any atom is 0.339 e. The van der Waals surface area contributed by atoms with Gasteiger partial charge in [-0.1, -0.05) is 44.2 Å². The van der Waals surface area contributed by atoms with Crippen LogP contribution >= 0.6 is 0 Å². The lowest BCUT2D eigenvalue weighted by molar-refractivity contribution is 0.0601. The molecule has 2 N–H and O–H groups in total. The van der Waals surface area contributed by atoms with Crippen LogP contribution in [0, 0.1) is 0 Å². The SMILES string of the molecule is COC(=O)c1ccccc1Nc1nccc(C(=O)Nc2ccccc2C(C)C)n1. The molecule has 0 unspecified atom stereocenters. The molecular formula is C22H22N4O3. The van der Waals surface area contributed by atoms with Crippen molar-refractivity contribution in [1.82, 2.24) is 9.97 Å². The third kappa shape index (κ3) is 4.76. The van der Waals surface area contributed by atoms with Crippen molar-refractivity contribution in [2.24, 2.45) is 0 Å². The van der Waals surface area contributed by atoms with Crippen LogP contribution in [0.5, 0.6) is 0 Å². The number of nitrogens with zero attached hydrogens (tertiary/aromatic N) is 2. The molecule has 0 aliphatic heterocycles. The Hall–Kier alpha value is -3.74. The van der Waals surface area contributed by atoms with E-state index in [-0.39, 0.29) is 23.5 Å². The number of rotatable bonds is 6. The van der Waals surface area contributed by atoms with E-state index in [4.69, 9.17) is 4.74 Å². The van der Waals surface area contributed by atoms with Gasteiger partial charge in [-0.05, 0) is 35.7 Å². The molecule has 1 amide bonds. The molecule has 148 valence electrons. The minimum atomic E-state index is -0.479. The third-order valence-corrected chi connectivity index (χ3v) is 4.30. The van der Waals surface area contributed by atoms with E-state index >= 15 is 0 Å². The predicted molar refractivity (Wildman–Crippen MR) is 112 cm³/mol. The van der Waals surface area contributed by atoms with Crippen molar-refractivity contribution in [1.29, 1.82) is 0 Å². The van der Waals surface area contributed by atoms with Gasteiger partial charge in [-0.2, -0.15) is 0 Å². The average molecular weight is 390 g/mol. The number of benzene rings is 2. The molecule has 0 atom stereocenters. The van der Waals surface area contributed by atoms with Gasteiger partial charge in [-0.15, -0.1) is 0 Å². The Morgan fingerprint density at radius 2 is 1.66 bits per heavy atom. The molecule has 0 saturated carbocycles. The maximum absolute atomic E-state index is 12.7. The second kappa shape index (κ2) is 8.97. The number of hydrogen-bond acceptors (Lipinski definition) is 6. The van der Waals surface area contributed by atoms with E-state index in [2.05, 4.69) is 34.4 Å². The Balaban J connectivity index is 1.82. The molecule has 0 aliphatic rings. The number of para-hydroxylation sites is 2. The Kier molecular flexibility index (Phi) is 6.19. The zero-order chi connectivity index (χ0) is 20.8. The monoisotopic (exact) mass is 390 g/mol. The van der Waals surface area contributed by atoms with Crippen molar-refractivity contribution >= 4 is 29.2 Å². The summed E-state index contributed by atoms with van der Waals surface area (Å²) >= 11 is 0. The lowest BCUT2D eigenvalue weighted by Crippen LogP contribution is -2.16. The highest BCUT2D eigenvalue weighted by Crippen LogP contribution is 2.24. The number of methoxy groups -OCH3 is 1. The molecule has 0 saturated heterocycles. The van der Waals surface area contributed by atoms with E-state index < -0.39 is 5.97 Å². The highest BCUT2D eigenvalue weighted by atomic mass is 16.5. The van der Waals surface area contributed by atoms with E-state index in [9.17, 15) is 9.59 Å². The summed E-state index contributed by atoms with van der Waals surface area (Å²) in [5.74, 6) is -0.354. The number of anilines is 3. The summed E-state index contributed by atoms with van der Waals surface area (Å²) in [6.45, 7) is 4.13. The van der Waals surface area contributed by atoms with Crippen LogP contribution in [-0.2, 0) is 4.74 Å². The summed E-state index contributed by atoms with van der Waals surface area (Å²) in [7, 11) is 1.32. The molecule has 0 bridgehead atoms. The van der Waals surface area contributed by atoms with Gasteiger partial charge in [0, 0.05) is 11.9 Å². The number of nitrogens with one attached hydrogen (secondary N) is 2. The van der Waals surface area contributed by atoms with Crippen LogP contribution in [0.3, 0.4) is 0 Å². The standard InChI is InChI=1S/C22H22N4O3/c1-14(2)15-8-4-6-10-17(15)24-20(27)19-12-13-23-22(26-19)25-18-11-7-5-9-16(18)21(28)29-3/h4-14H,1-3H3,(H,24,27)(H,23,25,26). The lowest BCUT2D eigenvalue weighted by Gasteiger charge is -2.14. The van der Waals surface area contributed by atoms with Crippen LogP contribution in [0.1, 0.15) is 46.2 Å². The van der Waals surface area contributed by atoms with Gasteiger partial charge < -0.3 is 15.4 Å². The third-order valence-electron chi connectivity index (χ3n) is 4.30. The molecule has 7 nitrogen and oxygen atoms in total. The molecule has 0 spiro atoms. The molecule has 7 heteroatoms. The van der Waals surface area contributed by atoms with Crippen LogP contribution in [0.2, 0.25) is 0 Å². The Labute approximate surface area is 169 Å². The van der Waals surface area contributed by atoms with Gasteiger partial charge in [-0.3, -0.25) is 4.79 Å². The highest BCUT2D eigenvalue weighted by Gasteiger charge is 2.15. The second-order valence-corrected chi connectivity index (χ2v) is 6.62. The van der Waals surface area contributed by atoms with Crippen LogP contribution in [-0.4, -0.2) is 29.0 Å². The quantitative estimate of drug-likeness (QED) is 0.607. The molecule has 29 heavy (non-hydrogen) atoms. The first-order valence-electron chi connectivity index (χ1n) is 9.17. The topological polar surface area (TPSA) is 93.2 Å². The van der Waals surface area contributed by atoms with E-state index in [0.29, 0.717) is 11.3 Å². The number of ether oxygens (including phenoxy) is 1. The van der Waals surface area contributed by atoms with Crippen molar-refractivity contribution in [3.8, 4) is 0 Å². The molecule has 1 aromatic heterocycles. The maximum atomic E-state index is 12.7. The number of carbonyl (C=O) groups is 2. The molecule has 3 rings (SSSR count). The summed E-state index contributed by atoms with van der Waals surface area (Å²) in [6, 6.07) is 16.0. The molecule has 2 aromatic carbocycles. The number of amides is 1. The largest absolute Gasteiger partial charge is 0.465 e. The van der Waals surface area contributed by atoms with Gasteiger partial charge >= 0.3 is 5.97 Å². The van der Waals surface area contributed by atoms with Gasteiger partial charge in [0.25, 0.3) is 5.91 Å². The average Bonchev–Trinajstić information content (AvgIpc) is 2.74. The number of carbonyl (C=O) groups excluding carboxylic acids is 2. The summed E-state index contributed by atoms with van der Waals surface area (Å²) in [5.41, 5.74) is 2.83. The van der Waals surface area contributed by atoms with E-state index in [1.807, 2.05) is 24.3 Å². The van der Waals surface area contributed by atoms with Crippen LogP contribution < -0.4 is 10.6 Å². The molecule has 1 heterocycles. The highest BCUT2D eigenvalue weighted by molar-refractivity contribution is 6.03. The van der Waals surface area contributed by atoms with Crippen LogP contribution in [0.15, 0.2) is 60.8 Å². The Morgan fingerprint density at radius 1 is 0.966 bits per heavy atom. The zero-order valence-corrected chi connectivity index (χ0v) is 16.5. The second-order valence-electron chi connectivity index (χ2n) is 6.62. The van der Waals surface area contributed by atoms with Gasteiger partial charge in [0.15, 0.2) is 0 Å². The summed E-state index contributed by atoms with van der Waals surface area (Å²) in [4.78, 5) is 33.1. The minimum absolute atomic E-state index is 0.200. The predicted octanol–water partition coefficient (Wildman–Crippen LogP) is 4.38. The van der Waals surface area contributed by atoms with Crippen molar-refractivity contribution in [2.75, 3.05) is 17.7 Å². The summed E-state index contributed by atoms with van der Waals surface area (Å²) in [6.07, 6.45) is 1.49. The fourth-order valence-electron chi connectivity index (χ4n) is 2.85. The number of aromatic nitrogens is 2. The first-order chi connectivity index (χ1) is 14.0. The Morgan fingerprint density at radius 3 is 2.38 bits per heavy atom. The van der Waals surface area contributed by atoms with Crippen molar-refractivity contribution in [3.05, 3.63) is 77.6 Å². The van der Waals surface area contributed by atoms with E-state index in [1.54, 1.807) is 24.3 Å². The van der Waals surface area contributed by atoms with Crippen LogP contribution in [0.4, 0.5) is 17.3 Å². The smallest absolute Gasteiger partial charge is 0.339 e. The molecule has 0 aliphatic carbocycles. The fraction of sp³-hybridized carbons (Fsp3) is 0.182. The van der Waals surface area contributed by atoms with Crippen molar-refractivity contribution < 1.29 is 14.3 Å². The van der Waals surface area contributed by atoms with Crippen molar-refractivity contribution in [3.63, 3.8) is 0 Å². The summed E-state index contributed by atoms with van der Waals surface area (Å²) in [5, 5.41) is 5.88. The van der Waals surface area contributed by atoms with E-state index in [0.717, 1.165) is 11.3 Å². The number of hydrogen-bond donors (Lipinski definition) is 2. The fourth-order valence-corrected chi connectivity index (χ4v) is 2.85.